The van der Waals surface area contributed by atoms with E-state index in [1.165, 1.54) is 17.6 Å². The number of rotatable bonds is 5. The van der Waals surface area contributed by atoms with E-state index < -0.39 is 5.60 Å². The zero-order valence-corrected chi connectivity index (χ0v) is 13.3. The van der Waals surface area contributed by atoms with Gasteiger partial charge in [-0.2, -0.15) is 0 Å². The third kappa shape index (κ3) is 2.68. The summed E-state index contributed by atoms with van der Waals surface area (Å²) < 4.78 is 9.09. The summed E-state index contributed by atoms with van der Waals surface area (Å²) in [6.45, 7) is 1.72. The fraction of sp³-hybridized carbons (Fsp3) is 0.214. The van der Waals surface area contributed by atoms with Gasteiger partial charge >= 0.3 is 0 Å². The van der Waals surface area contributed by atoms with Crippen molar-refractivity contribution in [3.05, 3.63) is 57.1 Å². The molecule has 8 heteroatoms. The number of furan rings is 1. The number of hydrogen-bond acceptors (Lipinski definition) is 7. The van der Waals surface area contributed by atoms with Crippen molar-refractivity contribution in [2.24, 2.45) is 0 Å². The van der Waals surface area contributed by atoms with Crippen LogP contribution in [0.3, 0.4) is 0 Å². The van der Waals surface area contributed by atoms with Crippen molar-refractivity contribution in [1.82, 2.24) is 14.9 Å². The minimum atomic E-state index is -1.40. The number of aromatic nitrogens is 2. The second-order valence-corrected chi connectivity index (χ2v) is 6.39. The summed E-state index contributed by atoms with van der Waals surface area (Å²) in [7, 11) is 0. The van der Waals surface area contributed by atoms with Crippen molar-refractivity contribution in [3.8, 4) is 0 Å². The number of hydrogen-bond donors (Lipinski definition) is 2. The van der Waals surface area contributed by atoms with E-state index in [4.69, 9.17) is 4.42 Å². The average Bonchev–Trinajstić information content (AvgIpc) is 3.24. The minimum absolute atomic E-state index is 0.00278. The molecule has 0 aromatic carbocycles. The molecule has 22 heavy (non-hydrogen) atoms. The van der Waals surface area contributed by atoms with Crippen molar-refractivity contribution in [2.75, 3.05) is 6.54 Å². The topological polar surface area (TPSA) is 88.2 Å². The molecular weight excluding hydrogens is 322 g/mol. The quantitative estimate of drug-likeness (QED) is 0.746. The van der Waals surface area contributed by atoms with Crippen molar-refractivity contribution < 1.29 is 14.3 Å². The van der Waals surface area contributed by atoms with Gasteiger partial charge in [0.2, 0.25) is 0 Å². The molecule has 3 heterocycles. The molecule has 0 radical (unpaired) electrons. The van der Waals surface area contributed by atoms with Crippen LogP contribution in [0.4, 0.5) is 0 Å². The fourth-order valence-electron chi connectivity index (χ4n) is 2.05. The van der Waals surface area contributed by atoms with Crippen LogP contribution >= 0.6 is 22.9 Å². The van der Waals surface area contributed by atoms with Gasteiger partial charge < -0.3 is 14.8 Å². The minimum Gasteiger partial charge on any atom is -0.466 e. The van der Waals surface area contributed by atoms with E-state index in [1.54, 1.807) is 25.1 Å². The third-order valence-corrected chi connectivity index (χ3v) is 5.07. The van der Waals surface area contributed by atoms with Crippen LogP contribution in [-0.4, -0.2) is 27.1 Å². The van der Waals surface area contributed by atoms with Crippen LogP contribution in [0.2, 0.25) is 0 Å². The van der Waals surface area contributed by atoms with Gasteiger partial charge in [-0.25, -0.2) is 0 Å². The summed E-state index contributed by atoms with van der Waals surface area (Å²) in [4.78, 5) is 13.3. The summed E-state index contributed by atoms with van der Waals surface area (Å²) in [5.74, 6) is 0.0726. The molecule has 0 unspecified atom stereocenters. The van der Waals surface area contributed by atoms with Crippen LogP contribution in [0, 0.1) is 6.92 Å². The Kier molecular flexibility index (Phi) is 4.06. The lowest BCUT2D eigenvalue weighted by Crippen LogP contribution is -2.40. The van der Waals surface area contributed by atoms with Crippen molar-refractivity contribution >= 4 is 28.8 Å². The van der Waals surface area contributed by atoms with Gasteiger partial charge in [-0.05, 0) is 42.0 Å². The van der Waals surface area contributed by atoms with Gasteiger partial charge in [0.1, 0.15) is 10.6 Å². The van der Waals surface area contributed by atoms with E-state index in [0.29, 0.717) is 21.2 Å². The summed E-state index contributed by atoms with van der Waals surface area (Å²) in [5, 5.41) is 19.4. The van der Waals surface area contributed by atoms with E-state index >= 15 is 0 Å². The molecule has 114 valence electrons. The maximum atomic E-state index is 12.2. The molecule has 6 nitrogen and oxygen atoms in total. The SMILES string of the molecule is Cc1nnsc1C(=O)NC[C@@](O)(c1ccco1)c1cccs1. The maximum absolute atomic E-state index is 12.2. The number of thiophene rings is 1. The monoisotopic (exact) mass is 335 g/mol. The molecular formula is C14H13N3O3S2. The van der Waals surface area contributed by atoms with Crippen LogP contribution in [0.1, 0.15) is 26.0 Å². The molecule has 0 saturated heterocycles. The average molecular weight is 335 g/mol. The van der Waals surface area contributed by atoms with Gasteiger partial charge in [-0.1, -0.05) is 10.6 Å². The highest BCUT2D eigenvalue weighted by molar-refractivity contribution is 7.10. The van der Waals surface area contributed by atoms with Gasteiger partial charge in [0, 0.05) is 4.88 Å². The smallest absolute Gasteiger partial charge is 0.265 e. The highest BCUT2D eigenvalue weighted by atomic mass is 32.1. The summed E-state index contributed by atoms with van der Waals surface area (Å²) in [6, 6.07) is 7.03. The summed E-state index contributed by atoms with van der Waals surface area (Å²) in [6.07, 6.45) is 1.49. The molecule has 0 spiro atoms. The van der Waals surface area contributed by atoms with Crippen LogP contribution < -0.4 is 5.32 Å². The first-order chi connectivity index (χ1) is 10.6. The van der Waals surface area contributed by atoms with Crippen LogP contribution in [0.15, 0.2) is 40.3 Å². The molecule has 0 aliphatic heterocycles. The molecule has 3 aromatic rings. The maximum Gasteiger partial charge on any atom is 0.265 e. The normalized spacial score (nSPS) is 13.7. The Labute approximate surface area is 134 Å². The van der Waals surface area contributed by atoms with E-state index in [0.717, 1.165) is 11.5 Å². The third-order valence-electron chi connectivity index (χ3n) is 3.22. The van der Waals surface area contributed by atoms with Crippen LogP contribution in [0.25, 0.3) is 0 Å². The molecule has 3 rings (SSSR count). The Morgan fingerprint density at radius 3 is 2.91 bits per heavy atom. The Morgan fingerprint density at radius 1 is 1.45 bits per heavy atom. The van der Waals surface area contributed by atoms with Crippen LogP contribution in [-0.2, 0) is 5.60 Å². The first-order valence-corrected chi connectivity index (χ1v) is 8.14. The number of nitrogens with one attached hydrogen (secondary N) is 1. The van der Waals surface area contributed by atoms with Crippen molar-refractivity contribution in [3.63, 3.8) is 0 Å². The number of nitrogens with zero attached hydrogens (tertiary/aromatic N) is 2. The second-order valence-electron chi connectivity index (χ2n) is 4.69. The predicted molar refractivity (Wildman–Crippen MR) is 83.0 cm³/mol. The highest BCUT2D eigenvalue weighted by Gasteiger charge is 2.36. The van der Waals surface area contributed by atoms with Gasteiger partial charge in [-0.3, -0.25) is 4.79 Å². The van der Waals surface area contributed by atoms with Gasteiger partial charge in [0.15, 0.2) is 5.60 Å². The largest absolute Gasteiger partial charge is 0.466 e. The molecule has 0 saturated carbocycles. The zero-order valence-electron chi connectivity index (χ0n) is 11.6. The second kappa shape index (κ2) is 5.99. The lowest BCUT2D eigenvalue weighted by atomic mass is 9.98. The molecule has 3 aromatic heterocycles. The first kappa shape index (κ1) is 14.9. The number of carbonyl (C=O) groups excluding carboxylic acids is 1. The zero-order chi connectivity index (χ0) is 15.6. The number of carbonyl (C=O) groups is 1. The van der Waals surface area contributed by atoms with Gasteiger partial charge in [0.05, 0.1) is 18.5 Å². The molecule has 0 aliphatic carbocycles. The van der Waals surface area contributed by atoms with E-state index in [1.807, 2.05) is 11.4 Å². The number of aryl methyl sites for hydroxylation is 1. The molecule has 0 bridgehead atoms. The number of aliphatic hydroxyl groups is 1. The summed E-state index contributed by atoms with van der Waals surface area (Å²) >= 11 is 2.42. The van der Waals surface area contributed by atoms with E-state index in [-0.39, 0.29) is 12.5 Å². The standard InChI is InChI=1S/C14H13N3O3S2/c1-9-12(22-17-16-9)13(18)15-8-14(19,10-4-2-6-20-10)11-5-3-7-21-11/h2-7,19H,8H2,1H3,(H,15,18)/t14-/m1/s1. The Hall–Kier alpha value is -2.03. The Bertz CT molecular complexity index is 716. The Morgan fingerprint density at radius 2 is 2.32 bits per heavy atom. The molecule has 0 fully saturated rings. The summed E-state index contributed by atoms with van der Waals surface area (Å²) in [5.41, 5.74) is -0.834. The molecule has 0 aliphatic rings. The highest BCUT2D eigenvalue weighted by Crippen LogP contribution is 2.32. The number of amides is 1. The van der Waals surface area contributed by atoms with Crippen LogP contribution in [0.5, 0.6) is 0 Å². The van der Waals surface area contributed by atoms with Gasteiger partial charge in [-0.15, -0.1) is 16.4 Å². The Balaban J connectivity index is 1.83. The predicted octanol–water partition coefficient (Wildman–Crippen LogP) is 2.17. The molecule has 2 N–H and O–H groups in total. The molecule has 1 atom stereocenters. The lowest BCUT2D eigenvalue weighted by molar-refractivity contribution is 0.0555. The van der Waals surface area contributed by atoms with Crippen molar-refractivity contribution in [1.29, 1.82) is 0 Å². The lowest BCUT2D eigenvalue weighted by Gasteiger charge is -2.25. The van der Waals surface area contributed by atoms with Crippen molar-refractivity contribution in [2.45, 2.75) is 12.5 Å². The van der Waals surface area contributed by atoms with Gasteiger partial charge in [0.25, 0.3) is 5.91 Å². The van der Waals surface area contributed by atoms with E-state index in [2.05, 4.69) is 14.9 Å². The molecule has 1 amide bonds. The fourth-order valence-corrected chi connectivity index (χ4v) is 3.45. The van der Waals surface area contributed by atoms with E-state index in [9.17, 15) is 9.90 Å². The first-order valence-electron chi connectivity index (χ1n) is 6.49.